The molecule has 0 aliphatic rings. The van der Waals surface area contributed by atoms with Gasteiger partial charge in [0.2, 0.25) is 0 Å². The van der Waals surface area contributed by atoms with E-state index >= 15 is 0 Å². The molecule has 1 aromatic rings. The molecule has 0 aliphatic heterocycles. The van der Waals surface area contributed by atoms with E-state index in [1.54, 1.807) is 0 Å². The highest BCUT2D eigenvalue weighted by atomic mass is 32.2. The Labute approximate surface area is 189 Å². The molecular formula is C24H42N2O4S. The molecule has 1 rings (SSSR count). The topological polar surface area (TPSA) is 77.9 Å². The Balaban J connectivity index is 3.93. The standard InChI is InChI=1S/C24H42N2O4S/c1-10-12-14-25(15-13-11-2)31(29,30)26(22(27)28)21-19(23(4,5)6)16-18(3)17-20(21)24(7,8)9/h16-17H,10-15H2,1-9H3,(H,27,28). The number of aryl methyl sites for hydroxylation is 1. The molecule has 7 heteroatoms. The van der Waals surface area contributed by atoms with E-state index in [-0.39, 0.29) is 5.69 Å². The van der Waals surface area contributed by atoms with Crippen LogP contribution in [0.2, 0.25) is 0 Å². The predicted molar refractivity (Wildman–Crippen MR) is 129 cm³/mol. The first-order valence-corrected chi connectivity index (χ1v) is 12.7. The van der Waals surface area contributed by atoms with E-state index in [2.05, 4.69) is 0 Å². The summed E-state index contributed by atoms with van der Waals surface area (Å²) < 4.78 is 29.6. The summed E-state index contributed by atoms with van der Waals surface area (Å²) in [6.07, 6.45) is 1.55. The number of unbranched alkanes of at least 4 members (excludes halogenated alkanes) is 2. The van der Waals surface area contributed by atoms with Gasteiger partial charge in [0.15, 0.2) is 0 Å². The fourth-order valence-electron chi connectivity index (χ4n) is 3.58. The van der Waals surface area contributed by atoms with E-state index in [4.69, 9.17) is 0 Å². The van der Waals surface area contributed by atoms with Gasteiger partial charge in [-0.3, -0.25) is 0 Å². The third kappa shape index (κ3) is 6.69. The first-order chi connectivity index (χ1) is 14.1. The molecule has 0 saturated carbocycles. The zero-order valence-electron chi connectivity index (χ0n) is 20.9. The van der Waals surface area contributed by atoms with Crippen LogP contribution < -0.4 is 4.31 Å². The van der Waals surface area contributed by atoms with Crippen molar-refractivity contribution < 1.29 is 18.3 Å². The predicted octanol–water partition coefficient (Wildman–Crippen LogP) is 6.22. The Kier molecular flexibility index (Phi) is 9.15. The second kappa shape index (κ2) is 10.3. The van der Waals surface area contributed by atoms with Crippen LogP contribution in [-0.4, -0.2) is 37.0 Å². The highest BCUT2D eigenvalue weighted by molar-refractivity contribution is 7.91. The Hall–Kier alpha value is -1.60. The number of carboxylic acid groups (broad SMARTS) is 1. The summed E-state index contributed by atoms with van der Waals surface area (Å²) in [5.74, 6) is 0. The Morgan fingerprint density at radius 1 is 0.903 bits per heavy atom. The minimum Gasteiger partial charge on any atom is -0.464 e. The van der Waals surface area contributed by atoms with Gasteiger partial charge in [-0.1, -0.05) is 85.9 Å². The molecule has 1 aromatic carbocycles. The maximum absolute atomic E-state index is 13.8. The summed E-state index contributed by atoms with van der Waals surface area (Å²) >= 11 is 0. The third-order valence-electron chi connectivity index (χ3n) is 5.33. The summed E-state index contributed by atoms with van der Waals surface area (Å²) in [5.41, 5.74) is 1.81. The van der Waals surface area contributed by atoms with E-state index in [1.807, 2.05) is 74.4 Å². The van der Waals surface area contributed by atoms with E-state index in [1.165, 1.54) is 4.31 Å². The number of benzene rings is 1. The van der Waals surface area contributed by atoms with Gasteiger partial charge in [0, 0.05) is 13.1 Å². The van der Waals surface area contributed by atoms with Gasteiger partial charge in [-0.25, -0.2) is 4.79 Å². The second-order valence-corrected chi connectivity index (χ2v) is 12.1. The summed E-state index contributed by atoms with van der Waals surface area (Å²) in [5, 5.41) is 10.2. The van der Waals surface area contributed by atoms with Crippen molar-refractivity contribution in [2.24, 2.45) is 0 Å². The average Bonchev–Trinajstić information content (AvgIpc) is 2.60. The number of hydrogen-bond donors (Lipinski definition) is 1. The first kappa shape index (κ1) is 27.4. The minimum absolute atomic E-state index is 0.274. The largest absolute Gasteiger partial charge is 0.464 e. The van der Waals surface area contributed by atoms with Crippen molar-refractivity contribution in [1.29, 1.82) is 0 Å². The van der Waals surface area contributed by atoms with E-state index < -0.39 is 27.1 Å². The Morgan fingerprint density at radius 2 is 1.29 bits per heavy atom. The fraction of sp³-hybridized carbons (Fsp3) is 0.708. The third-order valence-corrected chi connectivity index (χ3v) is 7.14. The van der Waals surface area contributed by atoms with Gasteiger partial charge in [-0.2, -0.15) is 17.0 Å². The Morgan fingerprint density at radius 3 is 1.58 bits per heavy atom. The zero-order valence-corrected chi connectivity index (χ0v) is 21.7. The molecule has 0 radical (unpaired) electrons. The fourth-order valence-corrected chi connectivity index (χ4v) is 5.15. The minimum atomic E-state index is -4.27. The highest BCUT2D eigenvalue weighted by Gasteiger charge is 2.40. The second-order valence-electron chi connectivity index (χ2n) is 10.4. The van der Waals surface area contributed by atoms with Crippen molar-refractivity contribution in [2.75, 3.05) is 17.4 Å². The molecule has 0 saturated heterocycles. The van der Waals surface area contributed by atoms with Crippen molar-refractivity contribution in [3.8, 4) is 0 Å². The first-order valence-electron chi connectivity index (χ1n) is 11.3. The molecule has 31 heavy (non-hydrogen) atoms. The molecule has 0 heterocycles. The summed E-state index contributed by atoms with van der Waals surface area (Å²) in [7, 11) is -4.27. The van der Waals surface area contributed by atoms with Crippen LogP contribution >= 0.6 is 0 Å². The quantitative estimate of drug-likeness (QED) is 0.480. The molecular weight excluding hydrogens is 412 g/mol. The smallest absolute Gasteiger partial charge is 0.426 e. The van der Waals surface area contributed by atoms with E-state index in [0.29, 0.717) is 41.4 Å². The molecule has 0 aliphatic carbocycles. The maximum Gasteiger partial charge on any atom is 0.426 e. The van der Waals surface area contributed by atoms with Gasteiger partial charge < -0.3 is 5.11 Å². The molecule has 0 bridgehead atoms. The summed E-state index contributed by atoms with van der Waals surface area (Å²) in [4.78, 5) is 12.6. The number of nitrogens with zero attached hydrogens (tertiary/aromatic N) is 2. The SMILES string of the molecule is CCCCN(CCCC)S(=O)(=O)N(C(=O)O)c1c(C(C)(C)C)cc(C)cc1C(C)(C)C. The van der Waals surface area contributed by atoms with Gasteiger partial charge in [-0.05, 0) is 41.7 Å². The van der Waals surface area contributed by atoms with E-state index in [0.717, 1.165) is 18.4 Å². The lowest BCUT2D eigenvalue weighted by molar-refractivity contribution is 0.205. The van der Waals surface area contributed by atoms with Crippen molar-refractivity contribution in [2.45, 2.75) is 98.8 Å². The van der Waals surface area contributed by atoms with Crippen LogP contribution in [0.5, 0.6) is 0 Å². The molecule has 1 amide bonds. The van der Waals surface area contributed by atoms with Crippen LogP contribution in [-0.2, 0) is 21.0 Å². The van der Waals surface area contributed by atoms with Gasteiger partial charge in [0.1, 0.15) is 0 Å². The maximum atomic E-state index is 13.8. The van der Waals surface area contributed by atoms with Crippen LogP contribution in [0.1, 0.15) is 97.8 Å². The van der Waals surface area contributed by atoms with E-state index in [9.17, 15) is 18.3 Å². The lowest BCUT2D eigenvalue weighted by atomic mass is 9.77. The Bertz CT molecular complexity index is 822. The normalized spacial score (nSPS) is 13.0. The molecule has 6 nitrogen and oxygen atoms in total. The number of hydrogen-bond acceptors (Lipinski definition) is 3. The molecule has 0 atom stereocenters. The van der Waals surface area contributed by atoms with Gasteiger partial charge in [0.25, 0.3) is 0 Å². The highest BCUT2D eigenvalue weighted by Crippen LogP contribution is 2.42. The van der Waals surface area contributed by atoms with Crippen LogP contribution in [0, 0.1) is 6.92 Å². The number of amides is 1. The number of anilines is 1. The summed E-state index contributed by atoms with van der Waals surface area (Å²) in [6.45, 7) is 18.5. The lowest BCUT2D eigenvalue weighted by Crippen LogP contribution is -2.48. The molecule has 0 unspecified atom stereocenters. The van der Waals surface area contributed by atoms with Crippen molar-refractivity contribution in [3.63, 3.8) is 0 Å². The molecule has 1 N–H and O–H groups in total. The van der Waals surface area contributed by atoms with Gasteiger partial charge in [0.05, 0.1) is 5.69 Å². The van der Waals surface area contributed by atoms with Crippen LogP contribution in [0.25, 0.3) is 0 Å². The van der Waals surface area contributed by atoms with Crippen LogP contribution in [0.15, 0.2) is 12.1 Å². The zero-order chi connectivity index (χ0) is 24.2. The van der Waals surface area contributed by atoms with Crippen molar-refractivity contribution in [1.82, 2.24) is 4.31 Å². The number of rotatable bonds is 9. The molecule has 0 spiro atoms. The molecule has 0 aromatic heterocycles. The molecule has 0 fully saturated rings. The van der Waals surface area contributed by atoms with Crippen LogP contribution in [0.3, 0.4) is 0 Å². The monoisotopic (exact) mass is 454 g/mol. The van der Waals surface area contributed by atoms with Gasteiger partial charge >= 0.3 is 16.3 Å². The van der Waals surface area contributed by atoms with Gasteiger partial charge in [-0.15, -0.1) is 0 Å². The molecule has 178 valence electrons. The lowest BCUT2D eigenvalue weighted by Gasteiger charge is -2.36. The average molecular weight is 455 g/mol. The number of carbonyl (C=O) groups is 1. The summed E-state index contributed by atoms with van der Waals surface area (Å²) in [6, 6.07) is 3.83. The van der Waals surface area contributed by atoms with Crippen LogP contribution in [0.4, 0.5) is 10.5 Å². The van der Waals surface area contributed by atoms with Crippen molar-refractivity contribution in [3.05, 3.63) is 28.8 Å². The van der Waals surface area contributed by atoms with Crippen molar-refractivity contribution >= 4 is 22.0 Å².